The van der Waals surface area contributed by atoms with E-state index < -0.39 is 49.0 Å². The number of hydrogen-bond acceptors (Lipinski definition) is 8. The highest BCUT2D eigenvalue weighted by atomic mass is 16.7. The summed E-state index contributed by atoms with van der Waals surface area (Å²) in [7, 11) is 0. The molecule has 1 fully saturated rings. The number of phenolic OH excluding ortho intramolecular Hbond substituents is 1. The van der Waals surface area contributed by atoms with E-state index in [0.29, 0.717) is 0 Å². The molecule has 1 heterocycles. The highest BCUT2D eigenvalue weighted by Gasteiger charge is 2.44. The monoisotopic (exact) mass is 316 g/mol. The predicted octanol–water partition coefficient (Wildman–Crippen LogP) is -1.73. The fourth-order valence-electron chi connectivity index (χ4n) is 2.03. The van der Waals surface area contributed by atoms with Gasteiger partial charge in [0.1, 0.15) is 24.4 Å². The van der Waals surface area contributed by atoms with E-state index in [-0.39, 0.29) is 11.3 Å². The highest BCUT2D eigenvalue weighted by molar-refractivity contribution is 5.88. The molecule has 22 heavy (non-hydrogen) atoms. The molecule has 1 aliphatic rings. The molecule has 1 saturated heterocycles. The Morgan fingerprint density at radius 1 is 1.18 bits per heavy atom. The summed E-state index contributed by atoms with van der Waals surface area (Å²) >= 11 is 0. The number of phenols is 1. The average Bonchev–Trinajstić information content (AvgIpc) is 2.49. The number of benzene rings is 1. The highest BCUT2D eigenvalue weighted by Crippen LogP contribution is 2.31. The number of aromatic hydroxyl groups is 1. The Morgan fingerprint density at radius 3 is 2.45 bits per heavy atom. The Balaban J connectivity index is 2.22. The summed E-state index contributed by atoms with van der Waals surface area (Å²) < 4.78 is 10.3. The molecule has 0 radical (unpaired) electrons. The van der Waals surface area contributed by atoms with Crippen LogP contribution in [0.3, 0.4) is 0 Å². The largest absolute Gasteiger partial charge is 0.504 e. The SMILES string of the molecule is O=C(O)c1ccc(O)c(OC2O[C@H](CO)[C@@H](O)[C@H](O)[C@H]2O)c1. The molecule has 1 aliphatic heterocycles. The smallest absolute Gasteiger partial charge is 0.335 e. The van der Waals surface area contributed by atoms with Crippen LogP contribution >= 0.6 is 0 Å². The number of aromatic carboxylic acids is 1. The van der Waals surface area contributed by atoms with Gasteiger partial charge in [0, 0.05) is 0 Å². The van der Waals surface area contributed by atoms with Crippen molar-refractivity contribution in [1.82, 2.24) is 0 Å². The zero-order valence-electron chi connectivity index (χ0n) is 11.2. The summed E-state index contributed by atoms with van der Waals surface area (Å²) in [5.41, 5.74) is -0.169. The topological polar surface area (TPSA) is 157 Å². The number of aliphatic hydroxyl groups excluding tert-OH is 4. The minimum Gasteiger partial charge on any atom is -0.504 e. The standard InChI is InChI=1S/C13H16O9/c14-4-8-9(16)10(17)11(18)13(22-8)21-7-3-5(12(19)20)1-2-6(7)15/h1-3,8-11,13-18H,4H2,(H,19,20)/t8-,9-,10+,11-,13?/m1/s1. The van der Waals surface area contributed by atoms with E-state index >= 15 is 0 Å². The number of carbonyl (C=O) groups is 1. The fourth-order valence-corrected chi connectivity index (χ4v) is 2.03. The van der Waals surface area contributed by atoms with E-state index in [4.69, 9.17) is 19.7 Å². The lowest BCUT2D eigenvalue weighted by molar-refractivity contribution is -0.277. The molecule has 0 amide bonds. The van der Waals surface area contributed by atoms with Gasteiger partial charge >= 0.3 is 5.97 Å². The first-order valence-corrected chi connectivity index (χ1v) is 6.38. The van der Waals surface area contributed by atoms with Crippen molar-refractivity contribution in [2.24, 2.45) is 0 Å². The van der Waals surface area contributed by atoms with Gasteiger partial charge in [-0.15, -0.1) is 0 Å². The third-order valence-corrected chi connectivity index (χ3v) is 3.30. The van der Waals surface area contributed by atoms with Gasteiger partial charge in [-0.05, 0) is 18.2 Å². The lowest BCUT2D eigenvalue weighted by atomic mass is 9.99. The van der Waals surface area contributed by atoms with Crippen LogP contribution < -0.4 is 4.74 Å². The molecule has 0 aromatic heterocycles. The van der Waals surface area contributed by atoms with E-state index in [0.717, 1.165) is 18.2 Å². The Labute approximate surface area is 124 Å². The molecule has 0 bridgehead atoms. The van der Waals surface area contributed by atoms with Gasteiger partial charge in [-0.1, -0.05) is 0 Å². The fraction of sp³-hybridized carbons (Fsp3) is 0.462. The van der Waals surface area contributed by atoms with Crippen LogP contribution in [-0.2, 0) is 4.74 Å². The second-order valence-corrected chi connectivity index (χ2v) is 4.80. The zero-order chi connectivity index (χ0) is 16.4. The van der Waals surface area contributed by atoms with Crippen LogP contribution in [0.2, 0.25) is 0 Å². The van der Waals surface area contributed by atoms with E-state index in [1.165, 1.54) is 0 Å². The summed E-state index contributed by atoms with van der Waals surface area (Å²) in [6.07, 6.45) is -7.52. The maximum Gasteiger partial charge on any atom is 0.335 e. The van der Waals surface area contributed by atoms with Crippen LogP contribution in [0.15, 0.2) is 18.2 Å². The van der Waals surface area contributed by atoms with Crippen LogP contribution in [0.25, 0.3) is 0 Å². The van der Waals surface area contributed by atoms with Gasteiger partial charge in [-0.2, -0.15) is 0 Å². The molecule has 1 aromatic carbocycles. The van der Waals surface area contributed by atoms with Crippen LogP contribution in [0.4, 0.5) is 0 Å². The summed E-state index contributed by atoms with van der Waals surface area (Å²) in [4.78, 5) is 10.9. The second-order valence-electron chi connectivity index (χ2n) is 4.80. The maximum atomic E-state index is 10.9. The molecule has 0 aliphatic carbocycles. The van der Waals surface area contributed by atoms with E-state index in [1.54, 1.807) is 0 Å². The molecule has 2 rings (SSSR count). The molecular weight excluding hydrogens is 300 g/mol. The van der Waals surface area contributed by atoms with Crippen molar-refractivity contribution in [3.05, 3.63) is 23.8 Å². The molecule has 0 saturated carbocycles. The van der Waals surface area contributed by atoms with Crippen molar-refractivity contribution in [2.75, 3.05) is 6.61 Å². The predicted molar refractivity (Wildman–Crippen MR) is 69.5 cm³/mol. The van der Waals surface area contributed by atoms with E-state index in [2.05, 4.69) is 0 Å². The van der Waals surface area contributed by atoms with Gasteiger partial charge in [0.2, 0.25) is 6.29 Å². The van der Waals surface area contributed by atoms with E-state index in [9.17, 15) is 25.2 Å². The molecule has 6 N–H and O–H groups in total. The Bertz CT molecular complexity index is 544. The maximum absolute atomic E-state index is 10.9. The Hall–Kier alpha value is -1.91. The van der Waals surface area contributed by atoms with Crippen LogP contribution in [0, 0.1) is 0 Å². The normalized spacial score (nSPS) is 31.7. The molecule has 1 unspecified atom stereocenters. The third-order valence-electron chi connectivity index (χ3n) is 3.30. The van der Waals surface area contributed by atoms with Gasteiger partial charge in [0.25, 0.3) is 0 Å². The lowest BCUT2D eigenvalue weighted by Crippen LogP contribution is -2.60. The molecular formula is C13H16O9. The second kappa shape index (κ2) is 6.46. The lowest BCUT2D eigenvalue weighted by Gasteiger charge is -2.39. The van der Waals surface area contributed by atoms with E-state index in [1.807, 2.05) is 0 Å². The summed E-state index contributed by atoms with van der Waals surface area (Å²) in [5, 5.41) is 56.7. The quantitative estimate of drug-likeness (QED) is 0.380. The van der Waals surface area contributed by atoms with Gasteiger partial charge in [-0.25, -0.2) is 4.79 Å². The minimum absolute atomic E-state index is 0.169. The van der Waals surface area contributed by atoms with Crippen LogP contribution in [0.5, 0.6) is 11.5 Å². The molecule has 1 aromatic rings. The van der Waals surface area contributed by atoms with Gasteiger partial charge < -0.3 is 40.1 Å². The number of ether oxygens (including phenoxy) is 2. The molecule has 9 nitrogen and oxygen atoms in total. The first kappa shape index (κ1) is 16.5. The molecule has 122 valence electrons. The minimum atomic E-state index is -1.66. The third kappa shape index (κ3) is 3.13. The summed E-state index contributed by atoms with van der Waals surface area (Å²) in [6, 6.07) is 3.25. The van der Waals surface area contributed by atoms with Crippen molar-refractivity contribution in [3.63, 3.8) is 0 Å². The van der Waals surface area contributed by atoms with Gasteiger partial charge in [0.05, 0.1) is 12.2 Å². The van der Waals surface area contributed by atoms with Gasteiger partial charge in [-0.3, -0.25) is 0 Å². The number of carboxylic acid groups (broad SMARTS) is 1. The summed E-state index contributed by atoms with van der Waals surface area (Å²) in [6.45, 7) is -0.633. The first-order valence-electron chi connectivity index (χ1n) is 6.38. The van der Waals surface area contributed by atoms with Crippen molar-refractivity contribution in [2.45, 2.75) is 30.7 Å². The summed E-state index contributed by atoms with van der Waals surface area (Å²) in [5.74, 6) is -1.94. The number of hydrogen-bond donors (Lipinski definition) is 6. The first-order chi connectivity index (χ1) is 10.3. The number of aliphatic hydroxyl groups is 4. The van der Waals surface area contributed by atoms with Crippen molar-refractivity contribution >= 4 is 5.97 Å². The van der Waals surface area contributed by atoms with Crippen LogP contribution in [-0.4, -0.2) is 73.9 Å². The molecule has 5 atom stereocenters. The number of rotatable bonds is 4. The molecule has 9 heteroatoms. The average molecular weight is 316 g/mol. The van der Waals surface area contributed by atoms with Crippen LogP contribution in [0.1, 0.15) is 10.4 Å². The zero-order valence-corrected chi connectivity index (χ0v) is 11.2. The van der Waals surface area contributed by atoms with Gasteiger partial charge in [0.15, 0.2) is 11.5 Å². The Morgan fingerprint density at radius 2 is 1.86 bits per heavy atom. The number of carboxylic acids is 1. The Kier molecular flexibility index (Phi) is 4.84. The van der Waals surface area contributed by atoms with Crippen molar-refractivity contribution in [3.8, 4) is 11.5 Å². The molecule has 0 spiro atoms. The van der Waals surface area contributed by atoms with Crippen molar-refractivity contribution in [1.29, 1.82) is 0 Å². The van der Waals surface area contributed by atoms with Crippen molar-refractivity contribution < 1.29 is 44.9 Å².